The molecule has 1 aliphatic heterocycles. The minimum atomic E-state index is -4.39. The molecular weight excluding hydrogens is 427 g/mol. The molecule has 4 aromatic rings. The third-order valence-electron chi connectivity index (χ3n) is 5.93. The van der Waals surface area contributed by atoms with Crippen molar-refractivity contribution in [3.8, 4) is 11.4 Å². The lowest BCUT2D eigenvalue weighted by molar-refractivity contribution is -0.137. The maximum absolute atomic E-state index is 13.4. The van der Waals surface area contributed by atoms with Crippen molar-refractivity contribution >= 4 is 0 Å². The molecule has 0 aliphatic carbocycles. The van der Waals surface area contributed by atoms with Crippen LogP contribution in [-0.4, -0.2) is 31.2 Å². The number of hydrogen-bond acceptors (Lipinski definition) is 4. The Balaban J connectivity index is 1.51. The Labute approximate surface area is 189 Å². The molecule has 0 N–H and O–H groups in total. The Hall–Kier alpha value is -3.52. The van der Waals surface area contributed by atoms with Crippen LogP contribution in [0.5, 0.6) is 0 Å². The van der Waals surface area contributed by atoms with Gasteiger partial charge in [-0.15, -0.1) is 10.2 Å². The van der Waals surface area contributed by atoms with Gasteiger partial charge in [0.25, 0.3) is 0 Å². The molecule has 0 spiro atoms. The molecule has 0 radical (unpaired) electrons. The van der Waals surface area contributed by atoms with Gasteiger partial charge in [0.15, 0.2) is 5.82 Å². The maximum Gasteiger partial charge on any atom is 0.416 e. The number of hydrogen-bond donors (Lipinski definition) is 0. The van der Waals surface area contributed by atoms with Crippen LogP contribution >= 0.6 is 0 Å². The first-order valence-corrected chi connectivity index (χ1v) is 10.7. The summed E-state index contributed by atoms with van der Waals surface area (Å²) in [5.41, 5.74) is 2.84. The van der Waals surface area contributed by atoms with Crippen molar-refractivity contribution in [2.45, 2.75) is 32.2 Å². The molecule has 2 aromatic carbocycles. The van der Waals surface area contributed by atoms with Crippen molar-refractivity contribution in [2.75, 3.05) is 6.54 Å². The highest BCUT2D eigenvalue weighted by Gasteiger charge is 2.33. The molecule has 5 nitrogen and oxygen atoms in total. The predicted octanol–water partition coefficient (Wildman–Crippen LogP) is 5.27. The van der Waals surface area contributed by atoms with E-state index in [0.29, 0.717) is 25.2 Å². The molecule has 2 aromatic heterocycles. The third kappa shape index (κ3) is 4.26. The molecule has 33 heavy (non-hydrogen) atoms. The van der Waals surface area contributed by atoms with Gasteiger partial charge in [-0.05, 0) is 41.8 Å². The number of alkyl halides is 3. The van der Waals surface area contributed by atoms with Crippen LogP contribution in [0.15, 0.2) is 73.1 Å². The number of nitrogens with zero attached hydrogens (tertiary/aromatic N) is 5. The Bertz CT molecular complexity index is 1270. The van der Waals surface area contributed by atoms with E-state index in [4.69, 9.17) is 0 Å². The molecule has 168 valence electrons. The monoisotopic (exact) mass is 449 g/mol. The van der Waals surface area contributed by atoms with Crippen LogP contribution in [0.1, 0.15) is 34.1 Å². The summed E-state index contributed by atoms with van der Waals surface area (Å²) < 4.78 is 42.3. The van der Waals surface area contributed by atoms with Crippen molar-refractivity contribution in [3.63, 3.8) is 0 Å². The van der Waals surface area contributed by atoms with Crippen LogP contribution in [0.3, 0.4) is 0 Å². The van der Waals surface area contributed by atoms with E-state index in [-0.39, 0.29) is 6.04 Å². The van der Waals surface area contributed by atoms with E-state index in [1.807, 2.05) is 43.3 Å². The first-order valence-electron chi connectivity index (χ1n) is 10.7. The molecule has 1 atom stereocenters. The summed E-state index contributed by atoms with van der Waals surface area (Å²) in [7, 11) is 0. The smallest absolute Gasteiger partial charge is 0.309 e. The van der Waals surface area contributed by atoms with Gasteiger partial charge in [0, 0.05) is 31.0 Å². The number of rotatable bonds is 4. The van der Waals surface area contributed by atoms with Gasteiger partial charge in [-0.1, -0.05) is 42.5 Å². The van der Waals surface area contributed by atoms with Gasteiger partial charge in [-0.2, -0.15) is 13.2 Å². The van der Waals surface area contributed by atoms with Gasteiger partial charge in [-0.3, -0.25) is 9.88 Å². The first kappa shape index (κ1) is 21.3. The van der Waals surface area contributed by atoms with Gasteiger partial charge in [0.2, 0.25) is 0 Å². The molecule has 8 heteroatoms. The zero-order chi connectivity index (χ0) is 23.0. The lowest BCUT2D eigenvalue weighted by Crippen LogP contribution is -2.37. The normalized spacial score (nSPS) is 15.3. The average molecular weight is 449 g/mol. The number of fused-ring (bicyclic) bond motifs is 1. The topological polar surface area (TPSA) is 46.8 Å². The van der Waals surface area contributed by atoms with E-state index in [0.717, 1.165) is 34.4 Å². The average Bonchev–Trinajstić information content (AvgIpc) is 3.23. The minimum Gasteiger partial charge on any atom is -0.309 e. The molecule has 0 saturated carbocycles. The van der Waals surface area contributed by atoms with E-state index in [2.05, 4.69) is 24.6 Å². The van der Waals surface area contributed by atoms with Crippen LogP contribution in [0, 0.1) is 6.92 Å². The quantitative estimate of drug-likeness (QED) is 0.426. The van der Waals surface area contributed by atoms with E-state index in [1.54, 1.807) is 18.5 Å². The van der Waals surface area contributed by atoms with Crippen molar-refractivity contribution < 1.29 is 13.2 Å². The predicted molar refractivity (Wildman–Crippen MR) is 118 cm³/mol. The molecule has 0 amide bonds. The number of pyridine rings is 1. The van der Waals surface area contributed by atoms with Gasteiger partial charge in [-0.25, -0.2) is 0 Å². The summed E-state index contributed by atoms with van der Waals surface area (Å²) in [5, 5.41) is 8.80. The highest BCUT2D eigenvalue weighted by molar-refractivity contribution is 5.55. The number of benzene rings is 2. The molecule has 0 saturated heterocycles. The lowest BCUT2D eigenvalue weighted by Gasteiger charge is -2.35. The summed E-state index contributed by atoms with van der Waals surface area (Å²) >= 11 is 0. The largest absolute Gasteiger partial charge is 0.416 e. The highest BCUT2D eigenvalue weighted by atomic mass is 19.4. The SMILES string of the molecule is Cc1cncc(-c2nnc3n2CCN(C(c2ccccc2)c2cccc(C(F)(F)F)c2)C3)c1. The van der Waals surface area contributed by atoms with Crippen LogP contribution in [0.25, 0.3) is 11.4 Å². The van der Waals surface area contributed by atoms with Gasteiger partial charge in [0.05, 0.1) is 18.2 Å². The molecule has 5 rings (SSSR count). The van der Waals surface area contributed by atoms with E-state index >= 15 is 0 Å². The fourth-order valence-electron chi connectivity index (χ4n) is 4.42. The molecule has 0 bridgehead atoms. The molecule has 1 unspecified atom stereocenters. The molecule has 0 fully saturated rings. The molecular formula is C25H22F3N5. The van der Waals surface area contributed by atoms with Crippen molar-refractivity contribution in [1.82, 2.24) is 24.6 Å². The van der Waals surface area contributed by atoms with Crippen molar-refractivity contribution in [2.24, 2.45) is 0 Å². The summed E-state index contributed by atoms with van der Waals surface area (Å²) in [6.45, 7) is 3.73. The summed E-state index contributed by atoms with van der Waals surface area (Å²) in [6.07, 6.45) is -0.833. The summed E-state index contributed by atoms with van der Waals surface area (Å²) in [4.78, 5) is 6.42. The van der Waals surface area contributed by atoms with Crippen LogP contribution in [-0.2, 0) is 19.3 Å². The Kier molecular flexibility index (Phi) is 5.46. The second kappa shape index (κ2) is 8.44. The Morgan fingerprint density at radius 3 is 2.42 bits per heavy atom. The second-order valence-electron chi connectivity index (χ2n) is 8.25. The van der Waals surface area contributed by atoms with Crippen molar-refractivity contribution in [3.05, 3.63) is 101 Å². The number of aromatic nitrogens is 4. The number of halogens is 3. The zero-order valence-corrected chi connectivity index (χ0v) is 18.0. The van der Waals surface area contributed by atoms with Gasteiger partial charge >= 0.3 is 6.18 Å². The fourth-order valence-corrected chi connectivity index (χ4v) is 4.42. The van der Waals surface area contributed by atoms with Gasteiger partial charge < -0.3 is 4.57 Å². The van der Waals surface area contributed by atoms with Crippen molar-refractivity contribution in [1.29, 1.82) is 0 Å². The Morgan fingerprint density at radius 1 is 0.879 bits per heavy atom. The zero-order valence-electron chi connectivity index (χ0n) is 18.0. The summed E-state index contributed by atoms with van der Waals surface area (Å²) in [5.74, 6) is 1.54. The van der Waals surface area contributed by atoms with E-state index < -0.39 is 11.7 Å². The van der Waals surface area contributed by atoms with Crippen LogP contribution in [0.2, 0.25) is 0 Å². The lowest BCUT2D eigenvalue weighted by atomic mass is 9.95. The van der Waals surface area contributed by atoms with E-state index in [1.165, 1.54) is 12.1 Å². The highest BCUT2D eigenvalue weighted by Crippen LogP contribution is 2.36. The molecule has 1 aliphatic rings. The third-order valence-corrected chi connectivity index (χ3v) is 5.93. The fraction of sp³-hybridized carbons (Fsp3) is 0.240. The van der Waals surface area contributed by atoms with Crippen LogP contribution < -0.4 is 0 Å². The Morgan fingerprint density at radius 2 is 1.67 bits per heavy atom. The minimum absolute atomic E-state index is 0.331. The van der Waals surface area contributed by atoms with Crippen LogP contribution in [0.4, 0.5) is 13.2 Å². The standard InChI is InChI=1S/C25H22F3N5/c1-17-12-20(15-29-14-17)24-31-30-22-16-32(10-11-33(22)24)23(18-6-3-2-4-7-18)19-8-5-9-21(13-19)25(26,27)28/h2-9,12-15,23H,10-11,16H2,1H3. The second-order valence-corrected chi connectivity index (χ2v) is 8.25. The van der Waals surface area contributed by atoms with E-state index in [9.17, 15) is 13.2 Å². The van der Waals surface area contributed by atoms with Gasteiger partial charge in [0.1, 0.15) is 5.82 Å². The number of aryl methyl sites for hydroxylation is 1. The maximum atomic E-state index is 13.4. The first-order chi connectivity index (χ1) is 15.9. The molecule has 3 heterocycles. The summed E-state index contributed by atoms with van der Waals surface area (Å²) in [6, 6.07) is 16.9.